The number of nitrogens with one attached hydrogen (secondary N) is 1. The van der Waals surface area contributed by atoms with Gasteiger partial charge in [-0.2, -0.15) is 5.10 Å². The minimum Gasteiger partial charge on any atom is -0.346 e. The van der Waals surface area contributed by atoms with E-state index in [1.54, 1.807) is 16.0 Å². The van der Waals surface area contributed by atoms with Crippen LogP contribution in [0.2, 0.25) is 0 Å². The minimum absolute atomic E-state index is 0.147. The number of hydrogen-bond donors (Lipinski definition) is 1. The molecule has 4 nitrogen and oxygen atoms in total. The van der Waals surface area contributed by atoms with Crippen molar-refractivity contribution in [1.29, 1.82) is 0 Å². The maximum Gasteiger partial charge on any atom is 0.272 e. The molecule has 20 heavy (non-hydrogen) atoms. The molecule has 0 spiro atoms. The lowest BCUT2D eigenvalue weighted by atomic mass is 10.2. The zero-order valence-corrected chi connectivity index (χ0v) is 13.2. The topological polar surface area (TPSA) is 46.9 Å². The van der Waals surface area contributed by atoms with Crippen molar-refractivity contribution in [3.8, 4) is 0 Å². The van der Waals surface area contributed by atoms with Crippen LogP contribution in [0.3, 0.4) is 0 Å². The molecule has 0 saturated carbocycles. The Hall–Kier alpha value is -1.66. The first-order valence-electron chi connectivity index (χ1n) is 6.08. The lowest BCUT2D eigenvalue weighted by Gasteiger charge is -2.01. The van der Waals surface area contributed by atoms with Gasteiger partial charge in [-0.1, -0.05) is 18.2 Å². The number of fused-ring (bicyclic) bond motifs is 1. The molecule has 6 heteroatoms. The highest BCUT2D eigenvalue weighted by atomic mass is 79.9. The highest BCUT2D eigenvalue weighted by Crippen LogP contribution is 2.20. The molecule has 2 heterocycles. The number of aromatic nitrogens is 2. The lowest BCUT2D eigenvalue weighted by molar-refractivity contribution is 0.0947. The quantitative estimate of drug-likeness (QED) is 0.788. The highest BCUT2D eigenvalue weighted by Gasteiger charge is 2.15. The predicted octanol–water partition coefficient (Wildman–Crippen LogP) is 3.33. The van der Waals surface area contributed by atoms with Crippen molar-refractivity contribution in [2.24, 2.45) is 7.05 Å². The number of halogens is 1. The van der Waals surface area contributed by atoms with Gasteiger partial charge in [0.05, 0.1) is 12.1 Å². The van der Waals surface area contributed by atoms with E-state index in [1.165, 1.54) is 0 Å². The van der Waals surface area contributed by atoms with Crippen molar-refractivity contribution < 1.29 is 4.79 Å². The molecular weight excluding hydrogens is 338 g/mol. The van der Waals surface area contributed by atoms with Crippen LogP contribution in [0.4, 0.5) is 0 Å². The molecule has 0 bridgehead atoms. The Morgan fingerprint density at radius 2 is 2.25 bits per heavy atom. The highest BCUT2D eigenvalue weighted by molar-refractivity contribution is 9.10. The molecule has 0 aliphatic carbocycles. The van der Waals surface area contributed by atoms with Crippen LogP contribution in [0.15, 0.2) is 40.2 Å². The summed E-state index contributed by atoms with van der Waals surface area (Å²) in [5.41, 5.74) is 1.43. The second kappa shape index (κ2) is 5.38. The van der Waals surface area contributed by atoms with Crippen molar-refractivity contribution in [3.63, 3.8) is 0 Å². The average molecular weight is 350 g/mol. The molecule has 3 rings (SSSR count). The fourth-order valence-electron chi connectivity index (χ4n) is 2.08. The second-order valence-electron chi connectivity index (χ2n) is 4.40. The van der Waals surface area contributed by atoms with Gasteiger partial charge < -0.3 is 5.32 Å². The van der Waals surface area contributed by atoms with Crippen molar-refractivity contribution in [2.45, 2.75) is 6.54 Å². The van der Waals surface area contributed by atoms with Gasteiger partial charge in [-0.05, 0) is 28.1 Å². The first-order valence-corrected chi connectivity index (χ1v) is 7.75. The number of nitrogens with zero attached hydrogens (tertiary/aromatic N) is 2. The largest absolute Gasteiger partial charge is 0.346 e. The summed E-state index contributed by atoms with van der Waals surface area (Å²) in [5, 5.41) is 10.1. The van der Waals surface area contributed by atoms with E-state index in [-0.39, 0.29) is 5.91 Å². The normalized spacial score (nSPS) is 10.9. The Balaban J connectivity index is 1.82. The zero-order chi connectivity index (χ0) is 14.1. The average Bonchev–Trinajstić information content (AvgIpc) is 3.01. The van der Waals surface area contributed by atoms with Gasteiger partial charge in [-0.25, -0.2) is 0 Å². The number of rotatable bonds is 3. The van der Waals surface area contributed by atoms with E-state index in [4.69, 9.17) is 0 Å². The smallest absolute Gasteiger partial charge is 0.272 e. The number of benzene rings is 1. The van der Waals surface area contributed by atoms with Gasteiger partial charge in [-0.3, -0.25) is 9.48 Å². The van der Waals surface area contributed by atoms with Crippen molar-refractivity contribution in [1.82, 2.24) is 15.1 Å². The van der Waals surface area contributed by atoms with Crippen LogP contribution < -0.4 is 5.32 Å². The molecule has 0 aliphatic rings. The summed E-state index contributed by atoms with van der Waals surface area (Å²) in [5.74, 6) is -0.147. The number of amides is 1. The molecule has 0 radical (unpaired) electrons. The van der Waals surface area contributed by atoms with Gasteiger partial charge >= 0.3 is 0 Å². The van der Waals surface area contributed by atoms with E-state index in [0.717, 1.165) is 20.3 Å². The van der Waals surface area contributed by atoms with E-state index in [2.05, 4.69) is 26.3 Å². The number of carbonyl (C=O) groups excluding carboxylic acids is 1. The summed E-state index contributed by atoms with van der Waals surface area (Å²) in [6.45, 7) is 0.514. The predicted molar refractivity (Wildman–Crippen MR) is 83.9 cm³/mol. The fourth-order valence-corrected chi connectivity index (χ4v) is 3.47. The molecule has 0 saturated heterocycles. The van der Waals surface area contributed by atoms with E-state index >= 15 is 0 Å². The minimum atomic E-state index is -0.147. The van der Waals surface area contributed by atoms with Crippen LogP contribution in [0.1, 0.15) is 15.4 Å². The molecule has 2 aromatic heterocycles. The van der Waals surface area contributed by atoms with Gasteiger partial charge in [0, 0.05) is 27.2 Å². The van der Waals surface area contributed by atoms with E-state index in [0.29, 0.717) is 12.2 Å². The van der Waals surface area contributed by atoms with E-state index in [1.807, 2.05) is 42.8 Å². The van der Waals surface area contributed by atoms with Gasteiger partial charge in [0.2, 0.25) is 0 Å². The van der Waals surface area contributed by atoms with Gasteiger partial charge in [0.1, 0.15) is 0 Å². The molecule has 0 atom stereocenters. The molecule has 0 aliphatic heterocycles. The number of para-hydroxylation sites is 1. The summed E-state index contributed by atoms with van der Waals surface area (Å²) in [4.78, 5) is 13.4. The monoisotopic (exact) mass is 349 g/mol. The maximum absolute atomic E-state index is 12.3. The Labute approximate surface area is 128 Å². The third-order valence-electron chi connectivity index (χ3n) is 3.02. The Bertz CT molecular complexity index is 778. The van der Waals surface area contributed by atoms with Crippen LogP contribution >= 0.6 is 27.3 Å². The molecule has 0 unspecified atom stereocenters. The molecule has 0 fully saturated rings. The van der Waals surface area contributed by atoms with Gasteiger partial charge in [0.25, 0.3) is 5.91 Å². The van der Waals surface area contributed by atoms with Crippen molar-refractivity contribution >= 4 is 44.1 Å². The number of aryl methyl sites for hydroxylation is 1. The number of hydrogen-bond acceptors (Lipinski definition) is 3. The SMILES string of the molecule is Cn1nc(C(=O)NCc2cc(Br)cs2)c2ccccc21. The fraction of sp³-hybridized carbons (Fsp3) is 0.143. The van der Waals surface area contributed by atoms with Gasteiger partial charge in [-0.15, -0.1) is 11.3 Å². The zero-order valence-electron chi connectivity index (χ0n) is 10.8. The molecule has 1 aromatic carbocycles. The standard InChI is InChI=1S/C14H12BrN3OS/c1-18-12-5-3-2-4-11(12)13(17-18)14(19)16-7-10-6-9(15)8-20-10/h2-6,8H,7H2,1H3,(H,16,19). The Morgan fingerprint density at radius 3 is 3.00 bits per heavy atom. The maximum atomic E-state index is 12.3. The van der Waals surface area contributed by atoms with Crippen LogP contribution in [0, 0.1) is 0 Å². The summed E-state index contributed by atoms with van der Waals surface area (Å²) in [6.07, 6.45) is 0. The van der Waals surface area contributed by atoms with Crippen LogP contribution in [0.25, 0.3) is 10.9 Å². The third kappa shape index (κ3) is 2.48. The Kier molecular flexibility index (Phi) is 3.58. The van der Waals surface area contributed by atoms with E-state index in [9.17, 15) is 4.79 Å². The molecule has 102 valence electrons. The first kappa shape index (κ1) is 13.3. The molecular formula is C14H12BrN3OS. The van der Waals surface area contributed by atoms with Crippen LogP contribution in [-0.4, -0.2) is 15.7 Å². The number of thiophene rings is 1. The summed E-state index contributed by atoms with van der Waals surface area (Å²) < 4.78 is 2.77. The molecule has 1 N–H and O–H groups in total. The van der Waals surface area contributed by atoms with Crippen molar-refractivity contribution in [3.05, 3.63) is 50.8 Å². The summed E-state index contributed by atoms with van der Waals surface area (Å²) in [6, 6.07) is 9.72. The van der Waals surface area contributed by atoms with E-state index < -0.39 is 0 Å². The second-order valence-corrected chi connectivity index (χ2v) is 6.31. The lowest BCUT2D eigenvalue weighted by Crippen LogP contribution is -2.23. The van der Waals surface area contributed by atoms with Crippen LogP contribution in [-0.2, 0) is 13.6 Å². The third-order valence-corrected chi connectivity index (χ3v) is 4.72. The summed E-state index contributed by atoms with van der Waals surface area (Å²) >= 11 is 5.01. The van der Waals surface area contributed by atoms with Crippen molar-refractivity contribution in [2.75, 3.05) is 0 Å². The molecule has 3 aromatic rings. The molecule has 1 amide bonds. The summed E-state index contributed by atoms with van der Waals surface area (Å²) in [7, 11) is 1.84. The van der Waals surface area contributed by atoms with Gasteiger partial charge in [0.15, 0.2) is 5.69 Å². The number of carbonyl (C=O) groups is 1. The van der Waals surface area contributed by atoms with Crippen LogP contribution in [0.5, 0.6) is 0 Å². The first-order chi connectivity index (χ1) is 9.65. The Morgan fingerprint density at radius 1 is 1.45 bits per heavy atom.